The van der Waals surface area contributed by atoms with Crippen molar-refractivity contribution in [2.75, 3.05) is 11.9 Å². The summed E-state index contributed by atoms with van der Waals surface area (Å²) in [6.45, 7) is 4.83. The second kappa shape index (κ2) is 6.42. The molecule has 0 saturated heterocycles. The monoisotopic (exact) mass is 280 g/mol. The zero-order valence-electron chi connectivity index (χ0n) is 9.73. The number of benzene rings is 1. The fourth-order valence-electron chi connectivity index (χ4n) is 1.41. The molecule has 0 saturated carbocycles. The molecule has 5 heteroatoms. The summed E-state index contributed by atoms with van der Waals surface area (Å²) in [5.74, 6) is 0.822. The molecule has 1 aromatic heterocycles. The van der Waals surface area contributed by atoms with Gasteiger partial charge in [-0.15, -0.1) is 11.3 Å². The van der Waals surface area contributed by atoms with Crippen LogP contribution in [0.2, 0.25) is 4.47 Å². The molecule has 0 atom stereocenters. The number of hydrogen-bond donors (Lipinski definition) is 1. The van der Waals surface area contributed by atoms with Crippen LogP contribution in [0.15, 0.2) is 43.1 Å². The molecular weight excluding hydrogens is 268 g/mol. The highest BCUT2D eigenvalue weighted by molar-refractivity contribution is 7.15. The van der Waals surface area contributed by atoms with Crippen molar-refractivity contribution < 1.29 is 4.74 Å². The summed E-state index contributed by atoms with van der Waals surface area (Å²) in [4.78, 5) is 5.09. The number of aromatic nitrogens is 1. The first-order valence-corrected chi connectivity index (χ1v) is 6.65. The van der Waals surface area contributed by atoms with E-state index in [2.05, 4.69) is 16.9 Å². The van der Waals surface area contributed by atoms with Gasteiger partial charge in [-0.25, -0.2) is 4.98 Å². The van der Waals surface area contributed by atoms with E-state index in [1.807, 2.05) is 24.3 Å². The Bertz CT molecular complexity index is 527. The summed E-state index contributed by atoms with van der Waals surface area (Å²) in [6.07, 6.45) is 3.50. The summed E-state index contributed by atoms with van der Waals surface area (Å²) >= 11 is 7.25. The van der Waals surface area contributed by atoms with Gasteiger partial charge in [0.25, 0.3) is 0 Å². The smallest absolute Gasteiger partial charge is 0.183 e. The van der Waals surface area contributed by atoms with Gasteiger partial charge in [0.05, 0.1) is 6.54 Å². The molecule has 0 aliphatic rings. The molecule has 0 spiro atoms. The number of ether oxygens (including phenoxy) is 1. The largest absolute Gasteiger partial charge is 0.489 e. The highest BCUT2D eigenvalue weighted by Gasteiger charge is 2.00. The minimum Gasteiger partial charge on any atom is -0.489 e. The number of nitrogens with one attached hydrogen (secondary N) is 1. The van der Waals surface area contributed by atoms with Crippen LogP contribution in [0.3, 0.4) is 0 Å². The lowest BCUT2D eigenvalue weighted by Gasteiger charge is -2.07. The molecule has 0 amide bonds. The van der Waals surface area contributed by atoms with Gasteiger partial charge in [-0.2, -0.15) is 0 Å². The molecule has 0 fully saturated rings. The Balaban J connectivity index is 1.94. The maximum atomic E-state index is 5.77. The lowest BCUT2D eigenvalue weighted by atomic mass is 10.3. The van der Waals surface area contributed by atoms with Crippen molar-refractivity contribution in [1.29, 1.82) is 0 Å². The molecule has 2 aromatic rings. The third kappa shape index (κ3) is 3.75. The van der Waals surface area contributed by atoms with Crippen molar-refractivity contribution in [2.45, 2.75) is 6.54 Å². The molecule has 1 heterocycles. The van der Waals surface area contributed by atoms with Crippen LogP contribution in [0.4, 0.5) is 5.69 Å². The van der Waals surface area contributed by atoms with Gasteiger partial charge in [0.1, 0.15) is 12.4 Å². The van der Waals surface area contributed by atoms with Crippen molar-refractivity contribution in [3.63, 3.8) is 0 Å². The topological polar surface area (TPSA) is 34.1 Å². The molecule has 3 nitrogen and oxygen atoms in total. The van der Waals surface area contributed by atoms with Crippen LogP contribution in [0.5, 0.6) is 5.75 Å². The van der Waals surface area contributed by atoms with Gasteiger partial charge in [0.15, 0.2) is 4.47 Å². The number of hydrogen-bond acceptors (Lipinski definition) is 4. The molecule has 2 rings (SSSR count). The molecule has 18 heavy (non-hydrogen) atoms. The zero-order valence-corrected chi connectivity index (χ0v) is 11.3. The molecule has 0 aliphatic heterocycles. The minimum atomic E-state index is 0.508. The minimum absolute atomic E-state index is 0.508. The van der Waals surface area contributed by atoms with Gasteiger partial charge in [0, 0.05) is 22.8 Å². The second-order valence-electron chi connectivity index (χ2n) is 3.56. The Kier molecular flexibility index (Phi) is 4.61. The highest BCUT2D eigenvalue weighted by atomic mass is 35.5. The van der Waals surface area contributed by atoms with Gasteiger partial charge >= 0.3 is 0 Å². The van der Waals surface area contributed by atoms with Crippen molar-refractivity contribution >= 4 is 28.6 Å². The van der Waals surface area contributed by atoms with E-state index in [1.54, 1.807) is 12.3 Å². The Morgan fingerprint density at radius 2 is 2.39 bits per heavy atom. The predicted molar refractivity (Wildman–Crippen MR) is 76.6 cm³/mol. The Labute approximate surface area is 115 Å². The average Bonchev–Trinajstić information content (AvgIpc) is 2.80. The van der Waals surface area contributed by atoms with Crippen molar-refractivity contribution in [3.05, 3.63) is 52.5 Å². The number of nitrogens with zero attached hydrogens (tertiary/aromatic N) is 1. The molecule has 0 aliphatic carbocycles. The number of halogens is 1. The fourth-order valence-corrected chi connectivity index (χ4v) is 2.32. The molecule has 0 bridgehead atoms. The van der Waals surface area contributed by atoms with Crippen LogP contribution in [0, 0.1) is 0 Å². The van der Waals surface area contributed by atoms with Crippen LogP contribution in [-0.4, -0.2) is 11.6 Å². The summed E-state index contributed by atoms with van der Waals surface area (Å²) in [7, 11) is 0. The maximum absolute atomic E-state index is 5.77. The van der Waals surface area contributed by atoms with E-state index in [0.29, 0.717) is 17.6 Å². The lowest BCUT2D eigenvalue weighted by molar-refractivity contribution is 0.363. The molecule has 1 N–H and O–H groups in total. The maximum Gasteiger partial charge on any atom is 0.183 e. The standard InChI is InChI=1S/C13H13ClN2OS/c1-2-6-17-11-5-3-4-10(7-11)15-8-12-9-16-13(14)18-12/h2-5,7,9,15H,1,6,8H2. The lowest BCUT2D eigenvalue weighted by Crippen LogP contribution is -1.98. The van der Waals surface area contributed by atoms with E-state index in [-0.39, 0.29) is 0 Å². The highest BCUT2D eigenvalue weighted by Crippen LogP contribution is 2.21. The average molecular weight is 281 g/mol. The van der Waals surface area contributed by atoms with Crippen LogP contribution >= 0.6 is 22.9 Å². The zero-order chi connectivity index (χ0) is 12.8. The molecule has 1 aromatic carbocycles. The van der Waals surface area contributed by atoms with Gasteiger partial charge in [-0.1, -0.05) is 30.3 Å². The van der Waals surface area contributed by atoms with Gasteiger partial charge in [-0.05, 0) is 12.1 Å². The van der Waals surface area contributed by atoms with E-state index in [0.717, 1.165) is 16.3 Å². The third-order valence-corrected chi connectivity index (χ3v) is 3.31. The van der Waals surface area contributed by atoms with Crippen molar-refractivity contribution in [1.82, 2.24) is 4.98 Å². The molecule has 0 radical (unpaired) electrons. The predicted octanol–water partition coefficient (Wildman–Crippen LogP) is 3.97. The van der Waals surface area contributed by atoms with Crippen molar-refractivity contribution in [2.24, 2.45) is 0 Å². The van der Waals surface area contributed by atoms with E-state index in [1.165, 1.54) is 11.3 Å². The second-order valence-corrected chi connectivity index (χ2v) is 5.26. The van der Waals surface area contributed by atoms with Crippen LogP contribution < -0.4 is 10.1 Å². The van der Waals surface area contributed by atoms with Crippen LogP contribution in [0.1, 0.15) is 4.88 Å². The Hall–Kier alpha value is -1.52. The van der Waals surface area contributed by atoms with E-state index in [4.69, 9.17) is 16.3 Å². The number of anilines is 1. The first-order chi connectivity index (χ1) is 8.78. The van der Waals surface area contributed by atoms with Crippen LogP contribution in [-0.2, 0) is 6.54 Å². The molecule has 94 valence electrons. The Morgan fingerprint density at radius 3 is 3.11 bits per heavy atom. The van der Waals surface area contributed by atoms with Crippen molar-refractivity contribution in [3.8, 4) is 5.75 Å². The fraction of sp³-hybridized carbons (Fsp3) is 0.154. The van der Waals surface area contributed by atoms with Gasteiger partial charge < -0.3 is 10.1 Å². The first kappa shape index (κ1) is 12.9. The third-order valence-electron chi connectivity index (χ3n) is 2.19. The first-order valence-electron chi connectivity index (χ1n) is 5.46. The summed E-state index contributed by atoms with van der Waals surface area (Å²) in [6, 6.07) is 7.80. The molecule has 0 unspecified atom stereocenters. The summed E-state index contributed by atoms with van der Waals surface area (Å²) < 4.78 is 6.03. The summed E-state index contributed by atoms with van der Waals surface area (Å²) in [5.41, 5.74) is 1.00. The van der Waals surface area contributed by atoms with Crippen LogP contribution in [0.25, 0.3) is 0 Å². The van der Waals surface area contributed by atoms with Gasteiger partial charge in [0.2, 0.25) is 0 Å². The summed E-state index contributed by atoms with van der Waals surface area (Å²) in [5, 5.41) is 3.30. The Morgan fingerprint density at radius 1 is 1.50 bits per heavy atom. The van der Waals surface area contributed by atoms with Gasteiger partial charge in [-0.3, -0.25) is 0 Å². The quantitative estimate of drug-likeness (QED) is 0.813. The van der Waals surface area contributed by atoms with E-state index >= 15 is 0 Å². The SMILES string of the molecule is C=CCOc1cccc(NCc2cnc(Cl)s2)c1. The molecular formula is C13H13ClN2OS. The van der Waals surface area contributed by atoms with E-state index in [9.17, 15) is 0 Å². The number of thiazole rings is 1. The normalized spacial score (nSPS) is 10.1. The van der Waals surface area contributed by atoms with E-state index < -0.39 is 0 Å². The number of rotatable bonds is 6.